The Balaban J connectivity index is 1.11. The third kappa shape index (κ3) is 6.66. The largest absolute Gasteiger partial charge is 0.306 e. The van der Waals surface area contributed by atoms with Crippen LogP contribution in [0.25, 0.3) is 123 Å². The molecular formula is C62H40N6. The summed E-state index contributed by atoms with van der Waals surface area (Å²) in [5, 5.41) is 4.47. The zero-order valence-electron chi connectivity index (χ0n) is 36.8. The molecule has 6 heteroatoms. The quantitative estimate of drug-likeness (QED) is 0.153. The van der Waals surface area contributed by atoms with Crippen molar-refractivity contribution in [3.63, 3.8) is 0 Å². The lowest BCUT2D eigenvalue weighted by molar-refractivity contribution is 0.953. The van der Waals surface area contributed by atoms with Gasteiger partial charge >= 0.3 is 0 Å². The lowest BCUT2D eigenvalue weighted by atomic mass is 9.99. The lowest BCUT2D eigenvalue weighted by Crippen LogP contribution is -2.07. The molecule has 0 aliphatic rings. The number of rotatable bonds is 8. The normalized spacial score (nSPS) is 11.5. The number of hydrogen-bond acceptors (Lipinski definition) is 4. The Kier molecular flexibility index (Phi) is 9.39. The van der Waals surface area contributed by atoms with Crippen LogP contribution in [-0.4, -0.2) is 29.1 Å². The molecule has 318 valence electrons. The van der Waals surface area contributed by atoms with Crippen LogP contribution in [0.5, 0.6) is 0 Å². The SMILES string of the molecule is c1ccc(-c2cccc(-c3nc(-c4ccccc4)nc(-n4c5ccccc5c5ccc6c7ccccc7n(-c7ccccc7-c7cc(-c8ccccc8)cc(-c8ccccc8)n7)c6c54)n3)c2)cc1. The molecule has 0 aliphatic heterocycles. The summed E-state index contributed by atoms with van der Waals surface area (Å²) >= 11 is 0. The van der Waals surface area contributed by atoms with Crippen molar-refractivity contribution >= 4 is 43.6 Å². The lowest BCUT2D eigenvalue weighted by Gasteiger charge is -2.17. The zero-order chi connectivity index (χ0) is 45.0. The first-order chi connectivity index (χ1) is 33.7. The van der Waals surface area contributed by atoms with E-state index < -0.39 is 0 Å². The highest BCUT2D eigenvalue weighted by molar-refractivity contribution is 6.24. The van der Waals surface area contributed by atoms with E-state index in [1.54, 1.807) is 0 Å². The van der Waals surface area contributed by atoms with Crippen molar-refractivity contribution in [2.45, 2.75) is 0 Å². The van der Waals surface area contributed by atoms with E-state index in [9.17, 15) is 0 Å². The average Bonchev–Trinajstić information content (AvgIpc) is 3.95. The van der Waals surface area contributed by atoms with Gasteiger partial charge in [-0.05, 0) is 58.7 Å². The molecule has 13 rings (SSSR count). The molecule has 6 nitrogen and oxygen atoms in total. The van der Waals surface area contributed by atoms with Gasteiger partial charge in [-0.25, -0.2) is 9.97 Å². The Labute approximate surface area is 392 Å². The van der Waals surface area contributed by atoms with Gasteiger partial charge in [0.1, 0.15) is 0 Å². The average molecular weight is 869 g/mol. The van der Waals surface area contributed by atoms with Crippen LogP contribution in [0, 0.1) is 0 Å². The molecule has 0 bridgehead atoms. The van der Waals surface area contributed by atoms with E-state index in [-0.39, 0.29) is 0 Å². The highest BCUT2D eigenvalue weighted by Gasteiger charge is 2.25. The van der Waals surface area contributed by atoms with Crippen molar-refractivity contribution in [1.29, 1.82) is 0 Å². The van der Waals surface area contributed by atoms with Crippen LogP contribution in [0.4, 0.5) is 0 Å². The summed E-state index contributed by atoms with van der Waals surface area (Å²) in [7, 11) is 0. The van der Waals surface area contributed by atoms with Gasteiger partial charge in [0.25, 0.3) is 0 Å². The maximum atomic E-state index is 5.45. The maximum absolute atomic E-state index is 5.45. The fourth-order valence-corrected chi connectivity index (χ4v) is 9.85. The highest BCUT2D eigenvalue weighted by atomic mass is 15.2. The highest BCUT2D eigenvalue weighted by Crippen LogP contribution is 2.43. The van der Waals surface area contributed by atoms with Crippen LogP contribution in [0.2, 0.25) is 0 Å². The molecule has 0 radical (unpaired) electrons. The molecule has 68 heavy (non-hydrogen) atoms. The number of hydrogen-bond donors (Lipinski definition) is 0. The molecule has 0 fully saturated rings. The second-order valence-electron chi connectivity index (χ2n) is 17.0. The molecule has 4 heterocycles. The zero-order valence-corrected chi connectivity index (χ0v) is 36.8. The van der Waals surface area contributed by atoms with Crippen LogP contribution >= 0.6 is 0 Å². The third-order valence-electron chi connectivity index (χ3n) is 13.0. The first-order valence-electron chi connectivity index (χ1n) is 22.9. The van der Waals surface area contributed by atoms with Gasteiger partial charge in [-0.2, -0.15) is 9.97 Å². The molecular weight excluding hydrogens is 829 g/mol. The summed E-state index contributed by atoms with van der Waals surface area (Å²) in [6, 6.07) is 85.1. The number of aromatic nitrogens is 6. The molecule has 4 aromatic heterocycles. The van der Waals surface area contributed by atoms with Gasteiger partial charge in [0.05, 0.1) is 39.1 Å². The van der Waals surface area contributed by atoms with Crippen molar-refractivity contribution in [1.82, 2.24) is 29.1 Å². The topological polar surface area (TPSA) is 61.4 Å². The molecule has 0 aliphatic carbocycles. The number of para-hydroxylation sites is 3. The summed E-state index contributed by atoms with van der Waals surface area (Å²) in [5.41, 5.74) is 15.3. The fraction of sp³-hybridized carbons (Fsp3) is 0. The Morgan fingerprint density at radius 2 is 0.735 bits per heavy atom. The van der Waals surface area contributed by atoms with E-state index in [2.05, 4.69) is 221 Å². The monoisotopic (exact) mass is 868 g/mol. The van der Waals surface area contributed by atoms with Crippen LogP contribution in [0.3, 0.4) is 0 Å². The van der Waals surface area contributed by atoms with Crippen LogP contribution in [0.1, 0.15) is 0 Å². The van der Waals surface area contributed by atoms with Crippen molar-refractivity contribution in [3.05, 3.63) is 243 Å². The fourth-order valence-electron chi connectivity index (χ4n) is 9.85. The minimum absolute atomic E-state index is 0.535. The summed E-state index contributed by atoms with van der Waals surface area (Å²) < 4.78 is 4.69. The molecule has 0 saturated heterocycles. The molecule has 9 aromatic carbocycles. The minimum atomic E-state index is 0.535. The Bertz CT molecular complexity index is 3950. The van der Waals surface area contributed by atoms with E-state index >= 15 is 0 Å². The molecule has 0 atom stereocenters. The first-order valence-corrected chi connectivity index (χ1v) is 22.9. The number of fused-ring (bicyclic) bond motifs is 7. The van der Waals surface area contributed by atoms with Gasteiger partial charge in [-0.3, -0.25) is 4.57 Å². The molecule has 0 spiro atoms. The van der Waals surface area contributed by atoms with Gasteiger partial charge in [0.2, 0.25) is 5.95 Å². The smallest absolute Gasteiger partial charge is 0.238 e. The molecule has 0 unspecified atom stereocenters. The van der Waals surface area contributed by atoms with E-state index in [0.717, 1.165) is 105 Å². The first kappa shape index (κ1) is 39.1. The predicted octanol–water partition coefficient (Wildman–Crippen LogP) is 15.5. The van der Waals surface area contributed by atoms with Gasteiger partial charge in [0.15, 0.2) is 11.6 Å². The summed E-state index contributed by atoms with van der Waals surface area (Å²) in [6.45, 7) is 0. The van der Waals surface area contributed by atoms with Crippen molar-refractivity contribution in [2.75, 3.05) is 0 Å². The third-order valence-corrected chi connectivity index (χ3v) is 13.0. The Hall–Kier alpha value is -9.26. The van der Waals surface area contributed by atoms with Crippen LogP contribution < -0.4 is 0 Å². The molecule has 0 amide bonds. The van der Waals surface area contributed by atoms with Crippen molar-refractivity contribution in [3.8, 4) is 79.2 Å². The van der Waals surface area contributed by atoms with E-state index in [4.69, 9.17) is 19.9 Å². The molecule has 13 aromatic rings. The van der Waals surface area contributed by atoms with Crippen molar-refractivity contribution in [2.24, 2.45) is 0 Å². The predicted molar refractivity (Wildman–Crippen MR) is 279 cm³/mol. The maximum Gasteiger partial charge on any atom is 0.238 e. The molecule has 0 N–H and O–H groups in total. The van der Waals surface area contributed by atoms with Gasteiger partial charge in [0, 0.05) is 43.8 Å². The number of benzene rings is 9. The summed E-state index contributed by atoms with van der Waals surface area (Å²) in [6.07, 6.45) is 0. The van der Waals surface area contributed by atoms with E-state index in [1.165, 1.54) is 0 Å². The number of pyridine rings is 1. The Morgan fingerprint density at radius 1 is 0.265 bits per heavy atom. The second kappa shape index (κ2) is 16.3. The van der Waals surface area contributed by atoms with Crippen LogP contribution in [0.15, 0.2) is 243 Å². The Morgan fingerprint density at radius 3 is 1.40 bits per heavy atom. The molecule has 0 saturated carbocycles. The standard InChI is InChI=1S/C62H40N6/c1-5-20-41(21-6-1)45-28-19-29-46(38-45)61-64-60(44-26-11-4-12-27-44)65-62(66-61)68-56-34-17-14-31-49(56)51-37-36-50-48-30-13-16-33-55(48)67(58(50)59(51)68)57-35-18-15-32-52(57)54-40-47(42-22-7-2-8-23-42)39-53(63-54)43-24-9-3-10-25-43/h1-40H. The van der Waals surface area contributed by atoms with Gasteiger partial charge in [-0.1, -0.05) is 206 Å². The summed E-state index contributed by atoms with van der Waals surface area (Å²) in [4.78, 5) is 21.5. The summed E-state index contributed by atoms with van der Waals surface area (Å²) in [5.74, 6) is 1.72. The van der Waals surface area contributed by atoms with E-state index in [1.807, 2.05) is 30.3 Å². The van der Waals surface area contributed by atoms with Gasteiger partial charge < -0.3 is 4.57 Å². The second-order valence-corrected chi connectivity index (χ2v) is 17.0. The van der Waals surface area contributed by atoms with Crippen LogP contribution in [-0.2, 0) is 0 Å². The van der Waals surface area contributed by atoms with Crippen molar-refractivity contribution < 1.29 is 0 Å². The number of nitrogens with zero attached hydrogens (tertiary/aromatic N) is 6. The van der Waals surface area contributed by atoms with E-state index in [0.29, 0.717) is 17.6 Å². The minimum Gasteiger partial charge on any atom is -0.306 e. The van der Waals surface area contributed by atoms with Gasteiger partial charge in [-0.15, -0.1) is 0 Å².